The van der Waals surface area contributed by atoms with Crippen LogP contribution in [0, 0.1) is 0 Å². The standard InChI is InChI=1S/C13H21N3S2/c1-2-4-16-13(12-9-17-6-7-18-12)10-8-15-5-3-11(10)14/h3,5,8,12-13,16H,2,4,6-7,9H2,1H3,(H2,14,15). The summed E-state index contributed by atoms with van der Waals surface area (Å²) >= 11 is 4.10. The topological polar surface area (TPSA) is 50.9 Å². The van der Waals surface area contributed by atoms with Crippen molar-refractivity contribution in [1.29, 1.82) is 0 Å². The molecule has 1 saturated heterocycles. The zero-order valence-electron chi connectivity index (χ0n) is 10.8. The smallest absolute Gasteiger partial charge is 0.0484 e. The molecule has 0 radical (unpaired) electrons. The second-order valence-corrected chi connectivity index (χ2v) is 6.92. The Labute approximate surface area is 118 Å². The van der Waals surface area contributed by atoms with Crippen LogP contribution in [0.3, 0.4) is 0 Å². The van der Waals surface area contributed by atoms with Gasteiger partial charge in [-0.25, -0.2) is 0 Å². The quantitative estimate of drug-likeness (QED) is 0.870. The summed E-state index contributed by atoms with van der Waals surface area (Å²) < 4.78 is 0. The molecule has 0 bridgehead atoms. The van der Waals surface area contributed by atoms with Gasteiger partial charge >= 0.3 is 0 Å². The largest absolute Gasteiger partial charge is 0.398 e. The van der Waals surface area contributed by atoms with Crippen molar-refractivity contribution in [3.05, 3.63) is 24.0 Å². The van der Waals surface area contributed by atoms with Crippen molar-refractivity contribution < 1.29 is 0 Å². The van der Waals surface area contributed by atoms with Crippen LogP contribution in [0.25, 0.3) is 0 Å². The van der Waals surface area contributed by atoms with Gasteiger partial charge in [-0.05, 0) is 19.0 Å². The fourth-order valence-corrected chi connectivity index (χ4v) is 4.98. The van der Waals surface area contributed by atoms with E-state index in [1.54, 1.807) is 6.20 Å². The summed E-state index contributed by atoms with van der Waals surface area (Å²) in [6, 6.07) is 2.23. The lowest BCUT2D eigenvalue weighted by atomic mass is 10.0. The van der Waals surface area contributed by atoms with E-state index in [1.165, 1.54) is 17.3 Å². The number of nitrogens with one attached hydrogen (secondary N) is 1. The highest BCUT2D eigenvalue weighted by Crippen LogP contribution is 2.35. The highest BCUT2D eigenvalue weighted by Gasteiger charge is 2.26. The van der Waals surface area contributed by atoms with Crippen LogP contribution in [-0.2, 0) is 0 Å². The molecule has 1 aliphatic rings. The molecule has 2 rings (SSSR count). The molecule has 0 aromatic carbocycles. The molecule has 100 valence electrons. The summed E-state index contributed by atoms with van der Waals surface area (Å²) in [7, 11) is 0. The van der Waals surface area contributed by atoms with Crippen LogP contribution in [0.15, 0.2) is 18.5 Å². The van der Waals surface area contributed by atoms with E-state index in [4.69, 9.17) is 5.73 Å². The Morgan fingerprint density at radius 2 is 2.44 bits per heavy atom. The van der Waals surface area contributed by atoms with Crippen LogP contribution in [0.4, 0.5) is 5.69 Å². The van der Waals surface area contributed by atoms with E-state index in [1.807, 2.05) is 24.0 Å². The lowest BCUT2D eigenvalue weighted by Crippen LogP contribution is -2.34. The van der Waals surface area contributed by atoms with Crippen molar-refractivity contribution in [3.8, 4) is 0 Å². The van der Waals surface area contributed by atoms with Gasteiger partial charge in [-0.15, -0.1) is 0 Å². The number of aromatic nitrogens is 1. The van der Waals surface area contributed by atoms with Crippen molar-refractivity contribution >= 4 is 29.2 Å². The first-order valence-corrected chi connectivity index (χ1v) is 8.65. The summed E-state index contributed by atoms with van der Waals surface area (Å²) in [6.45, 7) is 3.22. The predicted molar refractivity (Wildman–Crippen MR) is 83.3 cm³/mol. The molecule has 18 heavy (non-hydrogen) atoms. The van der Waals surface area contributed by atoms with Crippen molar-refractivity contribution in [2.45, 2.75) is 24.6 Å². The predicted octanol–water partition coefficient (Wildman–Crippen LogP) is 2.55. The van der Waals surface area contributed by atoms with Gasteiger partial charge in [0.05, 0.1) is 0 Å². The Morgan fingerprint density at radius 3 is 3.11 bits per heavy atom. The molecular weight excluding hydrogens is 262 g/mol. The fourth-order valence-electron chi connectivity index (χ4n) is 2.12. The van der Waals surface area contributed by atoms with E-state index in [-0.39, 0.29) is 0 Å². The first-order chi connectivity index (χ1) is 8.83. The van der Waals surface area contributed by atoms with E-state index in [0.717, 1.165) is 24.2 Å². The maximum atomic E-state index is 6.10. The molecule has 0 aliphatic carbocycles. The zero-order chi connectivity index (χ0) is 12.8. The van der Waals surface area contributed by atoms with E-state index in [0.29, 0.717) is 11.3 Å². The van der Waals surface area contributed by atoms with Gasteiger partial charge in [-0.3, -0.25) is 4.98 Å². The Kier molecular flexibility index (Phi) is 5.66. The molecule has 1 fully saturated rings. The maximum Gasteiger partial charge on any atom is 0.0484 e. The Morgan fingerprint density at radius 1 is 1.56 bits per heavy atom. The Bertz CT molecular complexity index is 367. The van der Waals surface area contributed by atoms with Gasteiger partial charge in [0.1, 0.15) is 0 Å². The number of rotatable bonds is 5. The SMILES string of the molecule is CCCNC(c1cnccc1N)C1CSCCS1. The van der Waals surface area contributed by atoms with Crippen LogP contribution in [0.2, 0.25) is 0 Å². The first-order valence-electron chi connectivity index (χ1n) is 6.45. The van der Waals surface area contributed by atoms with Crippen LogP contribution >= 0.6 is 23.5 Å². The van der Waals surface area contributed by atoms with Crippen molar-refractivity contribution in [2.24, 2.45) is 0 Å². The molecule has 2 heterocycles. The average molecular weight is 283 g/mol. The normalized spacial score (nSPS) is 21.7. The molecule has 1 aliphatic heterocycles. The van der Waals surface area contributed by atoms with Gasteiger partial charge in [-0.1, -0.05) is 6.92 Å². The third-order valence-corrected chi connectivity index (χ3v) is 5.91. The lowest BCUT2D eigenvalue weighted by Gasteiger charge is -2.31. The molecule has 2 unspecified atom stereocenters. The molecule has 1 aromatic rings. The van der Waals surface area contributed by atoms with Gasteiger partial charge in [-0.2, -0.15) is 23.5 Å². The van der Waals surface area contributed by atoms with Gasteiger partial charge in [0.15, 0.2) is 0 Å². The van der Waals surface area contributed by atoms with Crippen LogP contribution < -0.4 is 11.1 Å². The highest BCUT2D eigenvalue weighted by atomic mass is 32.2. The van der Waals surface area contributed by atoms with Crippen LogP contribution in [-0.4, -0.2) is 34.0 Å². The summed E-state index contributed by atoms with van der Waals surface area (Å²) in [5.41, 5.74) is 8.12. The van der Waals surface area contributed by atoms with Gasteiger partial charge in [0.25, 0.3) is 0 Å². The number of pyridine rings is 1. The zero-order valence-corrected chi connectivity index (χ0v) is 12.4. The van der Waals surface area contributed by atoms with Gasteiger partial charge < -0.3 is 11.1 Å². The van der Waals surface area contributed by atoms with E-state index < -0.39 is 0 Å². The Hall–Kier alpha value is -0.390. The summed E-state index contributed by atoms with van der Waals surface area (Å²) in [5, 5.41) is 4.24. The molecule has 3 nitrogen and oxygen atoms in total. The van der Waals surface area contributed by atoms with E-state index in [2.05, 4.69) is 29.0 Å². The third kappa shape index (κ3) is 3.56. The van der Waals surface area contributed by atoms with Crippen LogP contribution in [0.1, 0.15) is 24.9 Å². The van der Waals surface area contributed by atoms with Gasteiger partial charge in [0, 0.05) is 52.2 Å². The number of anilines is 1. The number of hydrogen-bond acceptors (Lipinski definition) is 5. The summed E-state index contributed by atoms with van der Waals surface area (Å²) in [5.74, 6) is 3.70. The number of nitrogen functional groups attached to an aromatic ring is 1. The number of nitrogens with zero attached hydrogens (tertiary/aromatic N) is 1. The summed E-state index contributed by atoms with van der Waals surface area (Å²) in [6.07, 6.45) is 4.82. The van der Waals surface area contributed by atoms with Crippen molar-refractivity contribution in [2.75, 3.05) is 29.5 Å². The summed E-state index contributed by atoms with van der Waals surface area (Å²) in [4.78, 5) is 4.23. The second kappa shape index (κ2) is 7.26. The molecular formula is C13H21N3S2. The van der Waals surface area contributed by atoms with E-state index >= 15 is 0 Å². The second-order valence-electron chi connectivity index (χ2n) is 4.42. The lowest BCUT2D eigenvalue weighted by molar-refractivity contribution is 0.530. The minimum Gasteiger partial charge on any atom is -0.398 e. The molecule has 0 amide bonds. The minimum atomic E-state index is 0.330. The monoisotopic (exact) mass is 283 g/mol. The number of nitrogens with two attached hydrogens (primary N) is 1. The molecule has 2 atom stereocenters. The van der Waals surface area contributed by atoms with E-state index in [9.17, 15) is 0 Å². The first kappa shape index (κ1) is 14.0. The minimum absolute atomic E-state index is 0.330. The Balaban J connectivity index is 2.15. The molecule has 0 spiro atoms. The third-order valence-electron chi connectivity index (χ3n) is 3.05. The molecule has 5 heteroatoms. The maximum absolute atomic E-state index is 6.10. The van der Waals surface area contributed by atoms with Crippen molar-refractivity contribution in [3.63, 3.8) is 0 Å². The average Bonchev–Trinajstić information content (AvgIpc) is 2.42. The van der Waals surface area contributed by atoms with Crippen molar-refractivity contribution in [1.82, 2.24) is 10.3 Å². The number of thioether (sulfide) groups is 2. The van der Waals surface area contributed by atoms with Crippen LogP contribution in [0.5, 0.6) is 0 Å². The number of hydrogen-bond donors (Lipinski definition) is 2. The molecule has 1 aromatic heterocycles. The molecule has 3 N–H and O–H groups in total. The fraction of sp³-hybridized carbons (Fsp3) is 0.615. The van der Waals surface area contributed by atoms with Gasteiger partial charge in [0.2, 0.25) is 0 Å². The highest BCUT2D eigenvalue weighted by molar-refractivity contribution is 8.06. The molecule has 0 saturated carbocycles.